The summed E-state index contributed by atoms with van der Waals surface area (Å²) in [5, 5.41) is 6.58. The molecule has 1 aliphatic heterocycles. The number of anilines is 1. The normalized spacial score (nSPS) is 18.9. The molecule has 8 nitrogen and oxygen atoms in total. The first-order chi connectivity index (χ1) is 13.0. The molecule has 1 aromatic rings. The van der Waals surface area contributed by atoms with E-state index in [2.05, 4.69) is 20.5 Å². The minimum Gasteiger partial charge on any atom is -0.383 e. The fourth-order valence-corrected chi connectivity index (χ4v) is 3.25. The van der Waals surface area contributed by atoms with Crippen LogP contribution in [-0.2, 0) is 16.1 Å². The summed E-state index contributed by atoms with van der Waals surface area (Å²) >= 11 is 0. The van der Waals surface area contributed by atoms with Gasteiger partial charge in [0.1, 0.15) is 5.82 Å². The average Bonchev–Trinajstić information content (AvgIpc) is 2.67. The van der Waals surface area contributed by atoms with Crippen LogP contribution < -0.4 is 21.3 Å². The van der Waals surface area contributed by atoms with Crippen molar-refractivity contribution in [3.8, 4) is 0 Å². The van der Waals surface area contributed by atoms with Crippen LogP contribution in [0, 0.1) is 5.92 Å². The number of nitrogens with zero attached hydrogens (tertiary/aromatic N) is 3. The Morgan fingerprint density at radius 3 is 3.07 bits per heavy atom. The van der Waals surface area contributed by atoms with Crippen LogP contribution in [0.5, 0.6) is 0 Å². The van der Waals surface area contributed by atoms with Gasteiger partial charge in [0, 0.05) is 44.5 Å². The van der Waals surface area contributed by atoms with Crippen LogP contribution in [-0.4, -0.2) is 56.2 Å². The van der Waals surface area contributed by atoms with Gasteiger partial charge in [-0.1, -0.05) is 6.07 Å². The van der Waals surface area contributed by atoms with E-state index in [0.29, 0.717) is 19.7 Å². The average molecular weight is 377 g/mol. The fourth-order valence-electron chi connectivity index (χ4n) is 3.25. The maximum atomic E-state index is 11.6. The number of primary amides is 1. The molecule has 2 heterocycles. The monoisotopic (exact) mass is 376 g/mol. The summed E-state index contributed by atoms with van der Waals surface area (Å²) < 4.78 is 5.17. The van der Waals surface area contributed by atoms with Crippen molar-refractivity contribution in [1.29, 1.82) is 0 Å². The van der Waals surface area contributed by atoms with Gasteiger partial charge in [-0.3, -0.25) is 4.79 Å². The Kier molecular flexibility index (Phi) is 8.32. The minimum atomic E-state index is -0.235. The van der Waals surface area contributed by atoms with Gasteiger partial charge in [-0.05, 0) is 32.8 Å². The summed E-state index contributed by atoms with van der Waals surface area (Å²) in [6.07, 6.45) is 3.56. The molecule has 2 rings (SSSR count). The van der Waals surface area contributed by atoms with E-state index in [1.54, 1.807) is 13.3 Å². The van der Waals surface area contributed by atoms with Gasteiger partial charge in [-0.15, -0.1) is 0 Å². The maximum absolute atomic E-state index is 11.6. The number of hydrogen-bond acceptors (Lipinski definition) is 5. The van der Waals surface area contributed by atoms with E-state index in [9.17, 15) is 4.79 Å². The predicted molar refractivity (Wildman–Crippen MR) is 108 cm³/mol. The zero-order valence-corrected chi connectivity index (χ0v) is 16.6. The van der Waals surface area contributed by atoms with Gasteiger partial charge in [0.05, 0.1) is 19.1 Å². The molecule has 1 fully saturated rings. The van der Waals surface area contributed by atoms with Gasteiger partial charge in [-0.2, -0.15) is 0 Å². The zero-order valence-electron chi connectivity index (χ0n) is 16.6. The summed E-state index contributed by atoms with van der Waals surface area (Å²) in [6, 6.07) is 4.10. The number of carbonyl (C=O) groups excluding carboxylic acids is 1. The number of hydrogen-bond donors (Lipinski definition) is 3. The van der Waals surface area contributed by atoms with Crippen LogP contribution in [0.1, 0.15) is 32.3 Å². The Morgan fingerprint density at radius 1 is 1.56 bits per heavy atom. The van der Waals surface area contributed by atoms with E-state index in [0.717, 1.165) is 43.3 Å². The molecule has 1 aliphatic rings. The second-order valence-corrected chi connectivity index (χ2v) is 6.87. The summed E-state index contributed by atoms with van der Waals surface area (Å²) in [5.74, 6) is 1.27. The molecule has 0 bridgehead atoms. The van der Waals surface area contributed by atoms with Gasteiger partial charge < -0.3 is 26.0 Å². The van der Waals surface area contributed by atoms with Crippen LogP contribution >= 0.6 is 0 Å². The molecule has 8 heteroatoms. The molecule has 1 saturated heterocycles. The number of methoxy groups -OCH3 is 1. The van der Waals surface area contributed by atoms with Crippen LogP contribution in [0.2, 0.25) is 0 Å². The summed E-state index contributed by atoms with van der Waals surface area (Å²) in [7, 11) is 1.68. The number of ether oxygens (including phenoxy) is 1. The quantitative estimate of drug-likeness (QED) is 0.459. The number of carbonyl (C=O) groups is 1. The Labute approximate surface area is 161 Å². The van der Waals surface area contributed by atoms with Crippen molar-refractivity contribution in [2.24, 2.45) is 16.6 Å². The lowest BCUT2D eigenvalue weighted by atomic mass is 9.97. The second-order valence-electron chi connectivity index (χ2n) is 6.87. The third-order valence-corrected chi connectivity index (χ3v) is 4.54. The number of guanidine groups is 1. The molecule has 0 radical (unpaired) electrons. The maximum Gasteiger partial charge on any atom is 0.222 e. The molecule has 0 saturated carbocycles. The van der Waals surface area contributed by atoms with E-state index >= 15 is 0 Å². The number of rotatable bonds is 8. The highest BCUT2D eigenvalue weighted by Crippen LogP contribution is 2.24. The minimum absolute atomic E-state index is 0.119. The number of piperidine rings is 1. The second kappa shape index (κ2) is 10.7. The van der Waals surface area contributed by atoms with Gasteiger partial charge in [0.2, 0.25) is 5.91 Å². The number of aromatic nitrogens is 1. The Hall–Kier alpha value is -2.35. The molecule has 1 amide bonds. The van der Waals surface area contributed by atoms with Crippen molar-refractivity contribution >= 4 is 17.7 Å². The highest BCUT2D eigenvalue weighted by atomic mass is 16.5. The lowest BCUT2D eigenvalue weighted by molar-refractivity contribution is -0.122. The lowest BCUT2D eigenvalue weighted by Gasteiger charge is -2.33. The summed E-state index contributed by atoms with van der Waals surface area (Å²) in [6.45, 7) is 7.44. The molecule has 0 aliphatic carbocycles. The molecular weight excluding hydrogens is 344 g/mol. The lowest BCUT2D eigenvalue weighted by Crippen LogP contribution is -2.44. The highest BCUT2D eigenvalue weighted by Gasteiger charge is 2.25. The number of pyridine rings is 1. The Balaban J connectivity index is 2.12. The van der Waals surface area contributed by atoms with Gasteiger partial charge >= 0.3 is 0 Å². The summed E-state index contributed by atoms with van der Waals surface area (Å²) in [5.41, 5.74) is 6.54. The van der Waals surface area contributed by atoms with Crippen LogP contribution in [0.3, 0.4) is 0 Å². The smallest absolute Gasteiger partial charge is 0.222 e. The van der Waals surface area contributed by atoms with Gasteiger partial charge in [0.15, 0.2) is 5.96 Å². The Morgan fingerprint density at radius 2 is 2.37 bits per heavy atom. The standard InChI is InChI=1S/C19H32N6O2/c1-4-21-19(24-14(2)13-27-3)23-11-15-7-5-9-22-18(15)25-10-6-8-16(12-25)17(20)26/h5,7,9,14,16H,4,6,8,10-13H2,1-3H3,(H2,20,26)(H2,21,23,24). The third kappa shape index (κ3) is 6.39. The fraction of sp³-hybridized carbons (Fsp3) is 0.632. The number of nitrogens with one attached hydrogen (secondary N) is 2. The highest BCUT2D eigenvalue weighted by molar-refractivity contribution is 5.80. The van der Waals surface area contributed by atoms with Gasteiger partial charge in [-0.25, -0.2) is 9.98 Å². The third-order valence-electron chi connectivity index (χ3n) is 4.54. The van der Waals surface area contributed by atoms with Crippen LogP contribution in [0.15, 0.2) is 23.3 Å². The van der Waals surface area contributed by atoms with E-state index in [4.69, 9.17) is 15.5 Å². The van der Waals surface area contributed by atoms with Crippen molar-refractivity contribution in [1.82, 2.24) is 15.6 Å². The molecule has 150 valence electrons. The first-order valence-electron chi connectivity index (χ1n) is 9.57. The largest absolute Gasteiger partial charge is 0.383 e. The molecule has 27 heavy (non-hydrogen) atoms. The van der Waals surface area contributed by atoms with Crippen molar-refractivity contribution < 1.29 is 9.53 Å². The first kappa shape index (κ1) is 21.0. The number of amides is 1. The van der Waals surface area contributed by atoms with Crippen molar-refractivity contribution in [3.63, 3.8) is 0 Å². The van der Waals surface area contributed by atoms with Crippen LogP contribution in [0.4, 0.5) is 5.82 Å². The van der Waals surface area contributed by atoms with Crippen LogP contribution in [0.25, 0.3) is 0 Å². The molecule has 0 spiro atoms. The van der Waals surface area contributed by atoms with E-state index < -0.39 is 0 Å². The van der Waals surface area contributed by atoms with E-state index in [1.165, 1.54) is 0 Å². The SMILES string of the molecule is CCNC(=NCc1cccnc1N1CCCC(C(N)=O)C1)NC(C)COC. The van der Waals surface area contributed by atoms with Crippen molar-refractivity contribution in [2.45, 2.75) is 39.3 Å². The summed E-state index contributed by atoms with van der Waals surface area (Å²) in [4.78, 5) is 23.0. The first-order valence-corrected chi connectivity index (χ1v) is 9.57. The molecular formula is C19H32N6O2. The molecule has 2 unspecified atom stereocenters. The van der Waals surface area contributed by atoms with Crippen molar-refractivity contribution in [2.75, 3.05) is 38.3 Å². The van der Waals surface area contributed by atoms with E-state index in [1.807, 2.05) is 26.0 Å². The molecule has 4 N–H and O–H groups in total. The molecule has 1 aromatic heterocycles. The number of aliphatic imine (C=N–C) groups is 1. The topological polar surface area (TPSA) is 105 Å². The predicted octanol–water partition coefficient (Wildman–Crippen LogP) is 0.873. The van der Waals surface area contributed by atoms with Crippen molar-refractivity contribution in [3.05, 3.63) is 23.9 Å². The zero-order chi connectivity index (χ0) is 19.6. The molecule has 2 atom stereocenters. The van der Waals surface area contributed by atoms with E-state index in [-0.39, 0.29) is 17.9 Å². The Bertz CT molecular complexity index is 636. The van der Waals surface area contributed by atoms with Gasteiger partial charge in [0.25, 0.3) is 0 Å². The molecule has 0 aromatic carbocycles. The number of nitrogens with two attached hydrogens (primary N) is 1.